The van der Waals surface area contributed by atoms with E-state index < -0.39 is 0 Å². The van der Waals surface area contributed by atoms with E-state index in [-0.39, 0.29) is 5.91 Å². The maximum atomic E-state index is 13.4. The zero-order valence-corrected chi connectivity index (χ0v) is 19.3. The number of hydrogen-bond acceptors (Lipinski definition) is 2. The largest absolute Gasteiger partial charge is 0.322 e. The molecule has 0 aliphatic carbocycles. The molecule has 0 spiro atoms. The average molecular weight is 449 g/mol. The van der Waals surface area contributed by atoms with Crippen molar-refractivity contribution in [3.05, 3.63) is 92.5 Å². The van der Waals surface area contributed by atoms with Crippen molar-refractivity contribution >= 4 is 45.7 Å². The van der Waals surface area contributed by atoms with Gasteiger partial charge in [0.05, 0.1) is 21.8 Å². The summed E-state index contributed by atoms with van der Waals surface area (Å²) in [5, 5.41) is 4.89. The number of benzene rings is 3. The van der Waals surface area contributed by atoms with Crippen molar-refractivity contribution in [2.24, 2.45) is 0 Å². The highest BCUT2D eigenvalue weighted by Crippen LogP contribution is 2.33. The number of aryl methyl sites for hydroxylation is 4. The number of rotatable bonds is 3. The molecule has 3 nitrogen and oxygen atoms in total. The fourth-order valence-corrected chi connectivity index (χ4v) is 4.23. The number of pyridine rings is 1. The summed E-state index contributed by atoms with van der Waals surface area (Å²) in [6, 6.07) is 17.0. The molecule has 1 N–H and O–H groups in total. The second-order valence-corrected chi connectivity index (χ2v) is 8.75. The first-order valence-corrected chi connectivity index (χ1v) is 10.7. The fraction of sp³-hybridized carbons (Fsp3) is 0.154. The minimum Gasteiger partial charge on any atom is -0.322 e. The Bertz CT molecular complexity index is 1350. The number of anilines is 1. The lowest BCUT2D eigenvalue weighted by molar-refractivity contribution is 0.102. The molecule has 0 aliphatic heterocycles. The van der Waals surface area contributed by atoms with Crippen molar-refractivity contribution in [1.29, 1.82) is 0 Å². The molecular weight excluding hydrogens is 427 g/mol. The number of halogens is 2. The van der Waals surface area contributed by atoms with E-state index >= 15 is 0 Å². The molecule has 0 atom stereocenters. The summed E-state index contributed by atoms with van der Waals surface area (Å²) >= 11 is 12.5. The SMILES string of the molecule is Cc1cc(C)c2nc(-c3ccc(Cl)cc3Cl)cc(C(=O)Nc3ccc(C)c(C)c3)c2c1. The van der Waals surface area contributed by atoms with Gasteiger partial charge >= 0.3 is 0 Å². The summed E-state index contributed by atoms with van der Waals surface area (Å²) in [6.07, 6.45) is 0. The van der Waals surface area contributed by atoms with Crippen molar-refractivity contribution in [3.8, 4) is 11.3 Å². The normalized spacial score (nSPS) is 11.0. The van der Waals surface area contributed by atoms with Gasteiger partial charge in [-0.3, -0.25) is 4.79 Å². The summed E-state index contributed by atoms with van der Waals surface area (Å²) in [5.74, 6) is -0.188. The summed E-state index contributed by atoms with van der Waals surface area (Å²) in [5.41, 5.74) is 7.82. The van der Waals surface area contributed by atoms with Crippen LogP contribution in [-0.4, -0.2) is 10.9 Å². The van der Waals surface area contributed by atoms with Crippen molar-refractivity contribution in [3.63, 3.8) is 0 Å². The van der Waals surface area contributed by atoms with Crippen LogP contribution < -0.4 is 5.32 Å². The first kappa shape index (κ1) is 21.4. The van der Waals surface area contributed by atoms with Crippen molar-refractivity contribution < 1.29 is 4.79 Å². The second kappa shape index (κ2) is 8.33. The van der Waals surface area contributed by atoms with Crippen molar-refractivity contribution in [2.45, 2.75) is 27.7 Å². The summed E-state index contributed by atoms with van der Waals surface area (Å²) < 4.78 is 0. The van der Waals surface area contributed by atoms with Gasteiger partial charge in [-0.1, -0.05) is 40.9 Å². The number of aromatic nitrogens is 1. The Balaban J connectivity index is 1.89. The molecule has 5 heteroatoms. The molecule has 0 radical (unpaired) electrons. The molecule has 0 fully saturated rings. The lowest BCUT2D eigenvalue weighted by Crippen LogP contribution is -2.13. The number of nitrogens with zero attached hydrogens (tertiary/aromatic N) is 1. The highest BCUT2D eigenvalue weighted by Gasteiger charge is 2.17. The smallest absolute Gasteiger partial charge is 0.256 e. The molecule has 0 saturated heterocycles. The van der Waals surface area contributed by atoms with Crippen LogP contribution in [0.15, 0.2) is 54.6 Å². The molecule has 4 aromatic rings. The van der Waals surface area contributed by atoms with E-state index in [4.69, 9.17) is 28.2 Å². The number of amides is 1. The maximum absolute atomic E-state index is 13.4. The number of nitrogens with one attached hydrogen (secondary N) is 1. The molecule has 3 aromatic carbocycles. The van der Waals surface area contributed by atoms with Gasteiger partial charge in [0, 0.05) is 21.7 Å². The van der Waals surface area contributed by atoms with Gasteiger partial charge < -0.3 is 5.32 Å². The first-order valence-electron chi connectivity index (χ1n) is 9.99. The zero-order valence-electron chi connectivity index (χ0n) is 17.8. The van der Waals surface area contributed by atoms with Crippen LogP contribution in [0.3, 0.4) is 0 Å². The molecule has 0 saturated carbocycles. The molecule has 1 aromatic heterocycles. The minimum absolute atomic E-state index is 0.188. The van der Waals surface area contributed by atoms with Crippen LogP contribution in [0, 0.1) is 27.7 Å². The quantitative estimate of drug-likeness (QED) is 0.348. The topological polar surface area (TPSA) is 42.0 Å². The van der Waals surface area contributed by atoms with Crippen LogP contribution in [0.5, 0.6) is 0 Å². The fourth-order valence-electron chi connectivity index (χ4n) is 3.72. The van der Waals surface area contributed by atoms with Gasteiger partial charge in [-0.15, -0.1) is 0 Å². The third kappa shape index (κ3) is 4.30. The Kier molecular flexibility index (Phi) is 5.74. The van der Waals surface area contributed by atoms with Crippen LogP contribution in [0.25, 0.3) is 22.2 Å². The van der Waals surface area contributed by atoms with Gasteiger partial charge in [0.1, 0.15) is 0 Å². The van der Waals surface area contributed by atoms with Gasteiger partial charge in [-0.25, -0.2) is 4.98 Å². The maximum Gasteiger partial charge on any atom is 0.256 e. The minimum atomic E-state index is -0.188. The number of fused-ring (bicyclic) bond motifs is 1. The zero-order chi connectivity index (χ0) is 22.3. The predicted molar refractivity (Wildman–Crippen MR) is 131 cm³/mol. The average Bonchev–Trinajstić information content (AvgIpc) is 2.70. The Morgan fingerprint density at radius 2 is 1.61 bits per heavy atom. The molecular formula is C26H22Cl2N2O. The predicted octanol–water partition coefficient (Wildman–Crippen LogP) is 7.69. The Morgan fingerprint density at radius 3 is 2.32 bits per heavy atom. The Hall–Kier alpha value is -2.88. The van der Waals surface area contributed by atoms with Gasteiger partial charge in [0.15, 0.2) is 0 Å². The van der Waals surface area contributed by atoms with E-state index in [1.807, 2.05) is 58.0 Å². The van der Waals surface area contributed by atoms with Crippen LogP contribution in [0.4, 0.5) is 5.69 Å². The standard InChI is InChI=1S/C26H22Cl2N2O/c1-14-9-17(4)25-21(10-14)22(26(31)29-19-7-5-15(2)16(3)11-19)13-24(30-25)20-8-6-18(27)12-23(20)28/h5-13H,1-4H3,(H,29,31). The highest BCUT2D eigenvalue weighted by molar-refractivity contribution is 6.36. The molecule has 4 rings (SSSR count). The van der Waals surface area contributed by atoms with E-state index in [0.717, 1.165) is 38.8 Å². The van der Waals surface area contributed by atoms with Crippen molar-refractivity contribution in [2.75, 3.05) is 5.32 Å². The van der Waals surface area contributed by atoms with Crippen LogP contribution in [0.1, 0.15) is 32.6 Å². The van der Waals surface area contributed by atoms with Crippen LogP contribution >= 0.6 is 23.2 Å². The number of carbonyl (C=O) groups is 1. The van der Waals surface area contributed by atoms with E-state index in [2.05, 4.69) is 11.4 Å². The van der Waals surface area contributed by atoms with Gasteiger partial charge in [-0.2, -0.15) is 0 Å². The molecule has 1 heterocycles. The van der Waals surface area contributed by atoms with E-state index in [1.165, 1.54) is 5.56 Å². The molecule has 31 heavy (non-hydrogen) atoms. The molecule has 1 amide bonds. The lowest BCUT2D eigenvalue weighted by atomic mass is 9.99. The van der Waals surface area contributed by atoms with Gasteiger partial charge in [-0.05, 0) is 86.8 Å². The Morgan fingerprint density at radius 1 is 0.839 bits per heavy atom. The number of hydrogen-bond donors (Lipinski definition) is 1. The first-order chi connectivity index (χ1) is 14.7. The molecule has 156 valence electrons. The molecule has 0 bridgehead atoms. The highest BCUT2D eigenvalue weighted by atomic mass is 35.5. The molecule has 0 aliphatic rings. The summed E-state index contributed by atoms with van der Waals surface area (Å²) in [6.45, 7) is 8.09. The van der Waals surface area contributed by atoms with Gasteiger partial charge in [0.25, 0.3) is 5.91 Å². The van der Waals surface area contributed by atoms with Crippen molar-refractivity contribution in [1.82, 2.24) is 4.98 Å². The van der Waals surface area contributed by atoms with Gasteiger partial charge in [0.2, 0.25) is 0 Å². The Labute approximate surface area is 192 Å². The third-order valence-electron chi connectivity index (χ3n) is 5.46. The van der Waals surface area contributed by atoms with Crippen LogP contribution in [0.2, 0.25) is 10.0 Å². The van der Waals surface area contributed by atoms with Crippen LogP contribution in [-0.2, 0) is 0 Å². The monoisotopic (exact) mass is 448 g/mol. The summed E-state index contributed by atoms with van der Waals surface area (Å²) in [4.78, 5) is 18.2. The number of carbonyl (C=O) groups excluding carboxylic acids is 1. The summed E-state index contributed by atoms with van der Waals surface area (Å²) in [7, 11) is 0. The second-order valence-electron chi connectivity index (χ2n) is 7.91. The van der Waals surface area contributed by atoms with E-state index in [9.17, 15) is 4.79 Å². The third-order valence-corrected chi connectivity index (χ3v) is 6.01. The lowest BCUT2D eigenvalue weighted by Gasteiger charge is -2.14. The van der Waals surface area contributed by atoms with E-state index in [0.29, 0.717) is 21.3 Å². The van der Waals surface area contributed by atoms with E-state index in [1.54, 1.807) is 18.2 Å². The molecule has 0 unspecified atom stereocenters.